The SMILES string of the molecule is CC(c1nc2ccccc2c(=O)[nH]1)N1CCN(S(=O)(=O)c2ccccc2Cl)CC1. The van der Waals surface area contributed by atoms with Gasteiger partial charge in [0.2, 0.25) is 10.0 Å². The molecule has 0 aliphatic carbocycles. The Morgan fingerprint density at radius 2 is 1.69 bits per heavy atom. The number of para-hydroxylation sites is 1. The molecule has 0 amide bonds. The van der Waals surface area contributed by atoms with E-state index in [0.717, 1.165) is 0 Å². The smallest absolute Gasteiger partial charge is 0.258 e. The molecule has 0 spiro atoms. The molecule has 2 aromatic carbocycles. The minimum absolute atomic E-state index is 0.128. The Hall–Kier alpha value is -2.26. The number of nitrogens with one attached hydrogen (secondary N) is 1. The maximum Gasteiger partial charge on any atom is 0.258 e. The van der Waals surface area contributed by atoms with Crippen molar-refractivity contribution in [2.75, 3.05) is 26.2 Å². The van der Waals surface area contributed by atoms with Gasteiger partial charge in [0.25, 0.3) is 5.56 Å². The van der Waals surface area contributed by atoms with E-state index >= 15 is 0 Å². The van der Waals surface area contributed by atoms with Gasteiger partial charge in [-0.05, 0) is 31.2 Å². The molecule has 1 saturated heterocycles. The molecule has 9 heteroatoms. The highest BCUT2D eigenvalue weighted by Gasteiger charge is 2.32. The van der Waals surface area contributed by atoms with Gasteiger partial charge in [-0.25, -0.2) is 13.4 Å². The zero-order chi connectivity index (χ0) is 20.6. The number of H-pyrrole nitrogens is 1. The van der Waals surface area contributed by atoms with Crippen LogP contribution in [0, 0.1) is 0 Å². The number of halogens is 1. The standard InChI is InChI=1S/C20H21ClN4O3S/c1-14(19-22-17-8-4-2-6-15(17)20(26)23-19)24-10-12-25(13-11-24)29(27,28)18-9-5-3-7-16(18)21/h2-9,14H,10-13H2,1H3,(H,22,23,26). The second-order valence-electron chi connectivity index (χ2n) is 7.01. The molecule has 1 aliphatic heterocycles. The Kier molecular flexibility index (Phi) is 5.44. The average molecular weight is 433 g/mol. The first-order chi connectivity index (χ1) is 13.9. The van der Waals surface area contributed by atoms with Gasteiger partial charge in [0.05, 0.1) is 22.0 Å². The van der Waals surface area contributed by atoms with Crippen LogP contribution >= 0.6 is 11.6 Å². The number of sulfonamides is 1. The third-order valence-electron chi connectivity index (χ3n) is 5.30. The maximum atomic E-state index is 12.9. The van der Waals surface area contributed by atoms with Crippen LogP contribution in [0.25, 0.3) is 10.9 Å². The maximum absolute atomic E-state index is 12.9. The largest absolute Gasteiger partial charge is 0.309 e. The van der Waals surface area contributed by atoms with E-state index in [4.69, 9.17) is 11.6 Å². The van der Waals surface area contributed by atoms with Gasteiger partial charge in [0.15, 0.2) is 0 Å². The van der Waals surface area contributed by atoms with E-state index in [-0.39, 0.29) is 21.5 Å². The van der Waals surface area contributed by atoms with Crippen LogP contribution in [0.4, 0.5) is 0 Å². The lowest BCUT2D eigenvalue weighted by Crippen LogP contribution is -2.49. The van der Waals surface area contributed by atoms with E-state index in [1.807, 2.05) is 19.1 Å². The minimum Gasteiger partial charge on any atom is -0.309 e. The molecular formula is C20H21ClN4O3S. The average Bonchev–Trinajstić information content (AvgIpc) is 2.73. The summed E-state index contributed by atoms with van der Waals surface area (Å²) in [5.74, 6) is 0.580. The predicted octanol–water partition coefficient (Wildman–Crippen LogP) is 2.64. The minimum atomic E-state index is -3.64. The van der Waals surface area contributed by atoms with Crippen molar-refractivity contribution in [1.82, 2.24) is 19.2 Å². The molecule has 2 heterocycles. The van der Waals surface area contributed by atoms with Gasteiger partial charge in [-0.3, -0.25) is 9.69 Å². The van der Waals surface area contributed by atoms with Gasteiger partial charge in [-0.15, -0.1) is 0 Å². The number of nitrogens with zero attached hydrogens (tertiary/aromatic N) is 3. The zero-order valence-electron chi connectivity index (χ0n) is 15.9. The molecule has 1 atom stereocenters. The Bertz CT molecular complexity index is 1200. The lowest BCUT2D eigenvalue weighted by atomic mass is 10.2. The molecule has 152 valence electrons. The number of aromatic nitrogens is 2. The van der Waals surface area contributed by atoms with Crippen molar-refractivity contribution in [3.63, 3.8) is 0 Å². The Balaban J connectivity index is 1.51. The molecule has 0 saturated carbocycles. The number of rotatable bonds is 4. The van der Waals surface area contributed by atoms with E-state index < -0.39 is 10.0 Å². The fraction of sp³-hybridized carbons (Fsp3) is 0.300. The molecule has 0 bridgehead atoms. The summed E-state index contributed by atoms with van der Waals surface area (Å²) in [6.45, 7) is 3.71. The highest BCUT2D eigenvalue weighted by Crippen LogP contribution is 2.26. The number of fused-ring (bicyclic) bond motifs is 1. The summed E-state index contributed by atoms with van der Waals surface area (Å²) in [6.07, 6.45) is 0. The van der Waals surface area contributed by atoms with Crippen molar-refractivity contribution < 1.29 is 8.42 Å². The fourth-order valence-electron chi connectivity index (χ4n) is 3.60. The van der Waals surface area contributed by atoms with Crippen LogP contribution in [0.5, 0.6) is 0 Å². The van der Waals surface area contributed by atoms with Gasteiger partial charge in [-0.1, -0.05) is 35.9 Å². The first kappa shape index (κ1) is 20.0. The van der Waals surface area contributed by atoms with Gasteiger partial charge in [0.1, 0.15) is 10.7 Å². The summed E-state index contributed by atoms with van der Waals surface area (Å²) in [5.41, 5.74) is 0.482. The number of benzene rings is 2. The van der Waals surface area contributed by atoms with Crippen LogP contribution in [0.15, 0.2) is 58.2 Å². The van der Waals surface area contributed by atoms with E-state index in [2.05, 4.69) is 14.9 Å². The van der Waals surface area contributed by atoms with Gasteiger partial charge >= 0.3 is 0 Å². The van der Waals surface area contributed by atoms with Crippen molar-refractivity contribution in [2.24, 2.45) is 0 Å². The molecular weight excluding hydrogens is 412 g/mol. The molecule has 1 aromatic heterocycles. The predicted molar refractivity (Wildman–Crippen MR) is 113 cm³/mol. The summed E-state index contributed by atoms with van der Waals surface area (Å²) < 4.78 is 27.3. The summed E-state index contributed by atoms with van der Waals surface area (Å²) >= 11 is 6.09. The second kappa shape index (κ2) is 7.87. The number of hydrogen-bond donors (Lipinski definition) is 1. The van der Waals surface area contributed by atoms with Crippen molar-refractivity contribution in [2.45, 2.75) is 17.9 Å². The quantitative estimate of drug-likeness (QED) is 0.684. The molecule has 4 rings (SSSR count). The summed E-state index contributed by atoms with van der Waals surface area (Å²) in [4.78, 5) is 22.0. The summed E-state index contributed by atoms with van der Waals surface area (Å²) in [6, 6.07) is 13.5. The van der Waals surface area contributed by atoms with Crippen LogP contribution < -0.4 is 5.56 Å². The number of piperazine rings is 1. The Morgan fingerprint density at radius 1 is 1.03 bits per heavy atom. The van der Waals surface area contributed by atoms with Gasteiger partial charge < -0.3 is 4.98 Å². The van der Waals surface area contributed by atoms with Crippen LogP contribution in [-0.2, 0) is 10.0 Å². The highest BCUT2D eigenvalue weighted by molar-refractivity contribution is 7.89. The second-order valence-corrected chi connectivity index (χ2v) is 9.33. The topological polar surface area (TPSA) is 86.4 Å². The summed E-state index contributed by atoms with van der Waals surface area (Å²) in [5, 5.41) is 0.778. The molecule has 0 radical (unpaired) electrons. The van der Waals surface area contributed by atoms with Crippen LogP contribution in [-0.4, -0.2) is 53.8 Å². The van der Waals surface area contributed by atoms with E-state index in [1.54, 1.807) is 30.3 Å². The van der Waals surface area contributed by atoms with Crippen LogP contribution in [0.1, 0.15) is 18.8 Å². The van der Waals surface area contributed by atoms with Crippen molar-refractivity contribution in [1.29, 1.82) is 0 Å². The molecule has 29 heavy (non-hydrogen) atoms. The highest BCUT2D eigenvalue weighted by atomic mass is 35.5. The van der Waals surface area contributed by atoms with E-state index in [1.165, 1.54) is 10.4 Å². The van der Waals surface area contributed by atoms with Crippen LogP contribution in [0.2, 0.25) is 5.02 Å². The van der Waals surface area contributed by atoms with Crippen molar-refractivity contribution in [3.8, 4) is 0 Å². The molecule has 7 nitrogen and oxygen atoms in total. The van der Waals surface area contributed by atoms with Crippen LogP contribution in [0.3, 0.4) is 0 Å². The zero-order valence-corrected chi connectivity index (χ0v) is 17.4. The molecule has 3 aromatic rings. The summed E-state index contributed by atoms with van der Waals surface area (Å²) in [7, 11) is -3.64. The van der Waals surface area contributed by atoms with E-state index in [9.17, 15) is 13.2 Å². The Labute approximate surface area is 174 Å². The lowest BCUT2D eigenvalue weighted by molar-refractivity contribution is 0.141. The molecule has 1 N–H and O–H groups in total. The third kappa shape index (κ3) is 3.81. The fourth-order valence-corrected chi connectivity index (χ4v) is 5.51. The first-order valence-electron chi connectivity index (χ1n) is 9.35. The number of hydrogen-bond acceptors (Lipinski definition) is 5. The molecule has 1 fully saturated rings. The third-order valence-corrected chi connectivity index (χ3v) is 7.70. The normalized spacial score (nSPS) is 17.4. The van der Waals surface area contributed by atoms with Gasteiger partial charge in [0, 0.05) is 26.2 Å². The molecule has 1 aliphatic rings. The van der Waals surface area contributed by atoms with Crippen molar-refractivity contribution in [3.05, 3.63) is 69.7 Å². The first-order valence-corrected chi connectivity index (χ1v) is 11.2. The van der Waals surface area contributed by atoms with Crippen molar-refractivity contribution >= 4 is 32.5 Å². The van der Waals surface area contributed by atoms with E-state index in [0.29, 0.717) is 42.9 Å². The Morgan fingerprint density at radius 3 is 2.41 bits per heavy atom. The van der Waals surface area contributed by atoms with Gasteiger partial charge in [-0.2, -0.15) is 4.31 Å². The monoisotopic (exact) mass is 432 g/mol. The number of aromatic amines is 1. The molecule has 1 unspecified atom stereocenters. The lowest BCUT2D eigenvalue weighted by Gasteiger charge is -2.37.